The van der Waals surface area contributed by atoms with Crippen molar-refractivity contribution >= 4 is 24.0 Å². The molecule has 2 rings (SSSR count). The quantitative estimate of drug-likeness (QED) is 0.719. The molecule has 1 aromatic rings. The SMILES string of the molecule is CC(C)CC(C1CCC1c1ccc(Cl)cc1)N(C)C.Cl. The fourth-order valence-corrected chi connectivity index (χ4v) is 3.49. The molecule has 1 aliphatic rings. The first kappa shape index (κ1) is 17.8. The smallest absolute Gasteiger partial charge is 0.0406 e. The second-order valence-corrected chi connectivity index (χ2v) is 7.00. The molecule has 1 aromatic carbocycles. The van der Waals surface area contributed by atoms with Crippen molar-refractivity contribution in [1.29, 1.82) is 0 Å². The normalized spacial score (nSPS) is 23.4. The fraction of sp³-hybridized carbons (Fsp3) is 0.647. The zero-order valence-electron chi connectivity index (χ0n) is 13.0. The van der Waals surface area contributed by atoms with Gasteiger partial charge >= 0.3 is 0 Å². The molecule has 0 N–H and O–H groups in total. The van der Waals surface area contributed by atoms with Gasteiger partial charge in [0, 0.05) is 11.1 Å². The first-order valence-electron chi connectivity index (χ1n) is 7.41. The van der Waals surface area contributed by atoms with Crippen LogP contribution in [0, 0.1) is 11.8 Å². The van der Waals surface area contributed by atoms with Crippen molar-refractivity contribution in [3.05, 3.63) is 34.9 Å². The Morgan fingerprint density at radius 1 is 1.15 bits per heavy atom. The number of hydrogen-bond acceptors (Lipinski definition) is 1. The molecule has 1 saturated carbocycles. The predicted octanol–water partition coefficient (Wildman–Crippen LogP) is 5.23. The van der Waals surface area contributed by atoms with Gasteiger partial charge in [-0.05, 0) is 68.8 Å². The number of rotatable bonds is 5. The summed E-state index contributed by atoms with van der Waals surface area (Å²) in [5.74, 6) is 2.29. The first-order chi connectivity index (χ1) is 8.99. The zero-order chi connectivity index (χ0) is 14.0. The van der Waals surface area contributed by atoms with E-state index in [-0.39, 0.29) is 12.4 Å². The van der Waals surface area contributed by atoms with Gasteiger partial charge in [0.25, 0.3) is 0 Å². The van der Waals surface area contributed by atoms with Gasteiger partial charge in [0.15, 0.2) is 0 Å². The summed E-state index contributed by atoms with van der Waals surface area (Å²) in [6, 6.07) is 9.18. The van der Waals surface area contributed by atoms with Crippen molar-refractivity contribution < 1.29 is 0 Å². The molecule has 0 saturated heterocycles. The van der Waals surface area contributed by atoms with Gasteiger partial charge in [-0.25, -0.2) is 0 Å². The van der Waals surface area contributed by atoms with Crippen LogP contribution >= 0.6 is 24.0 Å². The third kappa shape index (κ3) is 4.13. The average Bonchev–Trinajstić information content (AvgIpc) is 2.29. The molecular formula is C17H27Cl2N. The molecule has 3 heteroatoms. The Morgan fingerprint density at radius 3 is 2.15 bits per heavy atom. The fourth-order valence-electron chi connectivity index (χ4n) is 3.36. The van der Waals surface area contributed by atoms with E-state index in [0.717, 1.165) is 22.8 Å². The van der Waals surface area contributed by atoms with E-state index in [1.165, 1.54) is 24.8 Å². The first-order valence-corrected chi connectivity index (χ1v) is 7.78. The lowest BCUT2D eigenvalue weighted by atomic mass is 9.65. The Labute approximate surface area is 135 Å². The Hall–Kier alpha value is -0.240. The summed E-state index contributed by atoms with van der Waals surface area (Å²) in [5.41, 5.74) is 1.47. The predicted molar refractivity (Wildman–Crippen MR) is 91.1 cm³/mol. The molecule has 1 fully saturated rings. The van der Waals surface area contributed by atoms with Crippen molar-refractivity contribution in [1.82, 2.24) is 4.90 Å². The molecule has 114 valence electrons. The number of nitrogens with zero attached hydrogens (tertiary/aromatic N) is 1. The van der Waals surface area contributed by atoms with Crippen LogP contribution in [0.15, 0.2) is 24.3 Å². The Balaban J connectivity index is 0.00000200. The molecular weight excluding hydrogens is 289 g/mol. The Bertz CT molecular complexity index is 400. The highest BCUT2D eigenvalue weighted by Gasteiger charge is 2.38. The van der Waals surface area contributed by atoms with E-state index >= 15 is 0 Å². The number of hydrogen-bond donors (Lipinski definition) is 0. The molecule has 0 bridgehead atoms. The minimum atomic E-state index is 0. The number of halogens is 2. The van der Waals surface area contributed by atoms with Crippen molar-refractivity contribution in [2.24, 2.45) is 11.8 Å². The van der Waals surface area contributed by atoms with Crippen LogP contribution in [0.25, 0.3) is 0 Å². The lowest BCUT2D eigenvalue weighted by Crippen LogP contribution is -2.43. The number of benzene rings is 1. The molecule has 0 spiro atoms. The van der Waals surface area contributed by atoms with Crippen molar-refractivity contribution in [2.75, 3.05) is 14.1 Å². The van der Waals surface area contributed by atoms with Crippen LogP contribution in [0.3, 0.4) is 0 Å². The topological polar surface area (TPSA) is 3.24 Å². The summed E-state index contributed by atoms with van der Waals surface area (Å²) in [7, 11) is 4.45. The van der Waals surface area contributed by atoms with Gasteiger partial charge in [0.2, 0.25) is 0 Å². The van der Waals surface area contributed by atoms with E-state index in [1.54, 1.807) is 0 Å². The van der Waals surface area contributed by atoms with Gasteiger partial charge in [0.1, 0.15) is 0 Å². The van der Waals surface area contributed by atoms with Gasteiger partial charge in [-0.3, -0.25) is 0 Å². The second kappa shape index (κ2) is 7.68. The van der Waals surface area contributed by atoms with Crippen LogP contribution in [0.2, 0.25) is 5.02 Å². The van der Waals surface area contributed by atoms with E-state index < -0.39 is 0 Å². The maximum absolute atomic E-state index is 5.99. The van der Waals surface area contributed by atoms with E-state index in [0.29, 0.717) is 6.04 Å². The summed E-state index contributed by atoms with van der Waals surface area (Å²) in [5, 5.41) is 0.839. The van der Waals surface area contributed by atoms with Crippen LogP contribution < -0.4 is 0 Å². The van der Waals surface area contributed by atoms with Crippen LogP contribution in [0.4, 0.5) is 0 Å². The van der Waals surface area contributed by atoms with Crippen LogP contribution in [0.5, 0.6) is 0 Å². The zero-order valence-corrected chi connectivity index (χ0v) is 14.5. The van der Waals surface area contributed by atoms with E-state index in [2.05, 4.69) is 45.0 Å². The van der Waals surface area contributed by atoms with Crippen LogP contribution in [-0.4, -0.2) is 25.0 Å². The average molecular weight is 316 g/mol. The van der Waals surface area contributed by atoms with Gasteiger partial charge in [-0.1, -0.05) is 37.6 Å². The third-order valence-electron chi connectivity index (χ3n) is 4.50. The molecule has 3 atom stereocenters. The summed E-state index contributed by atoms with van der Waals surface area (Å²) < 4.78 is 0. The Kier molecular flexibility index (Phi) is 6.84. The lowest BCUT2D eigenvalue weighted by molar-refractivity contribution is 0.0968. The van der Waals surface area contributed by atoms with E-state index in [4.69, 9.17) is 11.6 Å². The summed E-state index contributed by atoms with van der Waals surface area (Å²) in [6.45, 7) is 4.65. The van der Waals surface area contributed by atoms with Crippen molar-refractivity contribution in [3.63, 3.8) is 0 Å². The molecule has 0 aliphatic heterocycles. The maximum Gasteiger partial charge on any atom is 0.0406 e. The van der Waals surface area contributed by atoms with E-state index in [9.17, 15) is 0 Å². The standard InChI is InChI=1S/C17H26ClN.ClH/c1-12(2)11-17(19(3)4)16-10-9-15(16)13-5-7-14(18)8-6-13;/h5-8,12,15-17H,9-11H2,1-4H3;1H. The van der Waals surface area contributed by atoms with Crippen molar-refractivity contribution in [3.8, 4) is 0 Å². The molecule has 0 heterocycles. The summed E-state index contributed by atoms with van der Waals surface area (Å²) >= 11 is 5.99. The molecule has 0 aromatic heterocycles. The second-order valence-electron chi connectivity index (χ2n) is 6.56. The largest absolute Gasteiger partial charge is 0.306 e. The Morgan fingerprint density at radius 2 is 1.75 bits per heavy atom. The summed E-state index contributed by atoms with van der Waals surface area (Å²) in [6.07, 6.45) is 3.99. The van der Waals surface area contributed by atoms with Gasteiger partial charge in [-0.2, -0.15) is 0 Å². The highest BCUT2D eigenvalue weighted by Crippen LogP contribution is 2.46. The minimum Gasteiger partial charge on any atom is -0.306 e. The van der Waals surface area contributed by atoms with Gasteiger partial charge in [0.05, 0.1) is 0 Å². The van der Waals surface area contributed by atoms with Gasteiger partial charge < -0.3 is 4.90 Å². The monoisotopic (exact) mass is 315 g/mol. The molecule has 1 nitrogen and oxygen atoms in total. The molecule has 1 aliphatic carbocycles. The highest BCUT2D eigenvalue weighted by atomic mass is 35.5. The molecule has 20 heavy (non-hydrogen) atoms. The van der Waals surface area contributed by atoms with Crippen LogP contribution in [-0.2, 0) is 0 Å². The maximum atomic E-state index is 5.99. The van der Waals surface area contributed by atoms with E-state index in [1.807, 2.05) is 12.1 Å². The molecule has 0 amide bonds. The van der Waals surface area contributed by atoms with Crippen LogP contribution in [0.1, 0.15) is 44.6 Å². The highest BCUT2D eigenvalue weighted by molar-refractivity contribution is 6.30. The third-order valence-corrected chi connectivity index (χ3v) is 4.75. The lowest BCUT2D eigenvalue weighted by Gasteiger charge is -2.45. The molecule has 3 unspecified atom stereocenters. The van der Waals surface area contributed by atoms with Gasteiger partial charge in [-0.15, -0.1) is 12.4 Å². The minimum absolute atomic E-state index is 0. The molecule has 0 radical (unpaired) electrons. The van der Waals surface area contributed by atoms with Crippen molar-refractivity contribution in [2.45, 2.75) is 45.1 Å². The summed E-state index contributed by atoms with van der Waals surface area (Å²) in [4.78, 5) is 2.42.